The van der Waals surface area contributed by atoms with Crippen molar-refractivity contribution in [3.05, 3.63) is 84.2 Å². The first-order chi connectivity index (χ1) is 19.3. The predicted molar refractivity (Wildman–Crippen MR) is 153 cm³/mol. The smallest absolute Gasteiger partial charge is 0.245 e. The molecule has 2 aromatic carbocycles. The molecule has 1 amide bonds. The number of piperidine rings is 1. The highest BCUT2D eigenvalue weighted by molar-refractivity contribution is 7.89. The Hall–Kier alpha value is -3.54. The average Bonchev–Trinajstić information content (AvgIpc) is 2.97. The van der Waals surface area contributed by atoms with Crippen LogP contribution in [-0.4, -0.2) is 61.7 Å². The van der Waals surface area contributed by atoms with E-state index >= 15 is 0 Å². The van der Waals surface area contributed by atoms with Gasteiger partial charge in [0.2, 0.25) is 15.9 Å². The fourth-order valence-electron chi connectivity index (χ4n) is 4.94. The summed E-state index contributed by atoms with van der Waals surface area (Å²) in [6.07, 6.45) is 4.94. The number of alkyl halides is 1. The molecule has 2 heterocycles. The van der Waals surface area contributed by atoms with Crippen molar-refractivity contribution in [2.45, 2.75) is 42.7 Å². The third-order valence-electron chi connectivity index (χ3n) is 7.21. The largest absolute Gasteiger partial charge is 0.399 e. The van der Waals surface area contributed by atoms with Gasteiger partial charge in [-0.1, -0.05) is 42.5 Å². The molecule has 1 aliphatic heterocycles. The minimum absolute atomic E-state index is 0.142. The second-order valence-electron chi connectivity index (χ2n) is 10.1. The highest BCUT2D eigenvalue weighted by Gasteiger charge is 2.34. The predicted octanol–water partition coefficient (Wildman–Crippen LogP) is 3.30. The molecule has 1 fully saturated rings. The van der Waals surface area contributed by atoms with Crippen LogP contribution in [0.5, 0.6) is 0 Å². The first kappa shape index (κ1) is 29.4. The second kappa shape index (κ2) is 13.7. The maximum absolute atomic E-state index is 13.8. The number of benzene rings is 2. The van der Waals surface area contributed by atoms with Gasteiger partial charge in [-0.2, -0.15) is 4.72 Å². The molecule has 1 aromatic heterocycles. The van der Waals surface area contributed by atoms with Gasteiger partial charge in [0.15, 0.2) is 0 Å². The van der Waals surface area contributed by atoms with E-state index in [1.807, 2.05) is 30.3 Å². The normalized spacial score (nSPS) is 15.9. The minimum atomic E-state index is -4.26. The highest BCUT2D eigenvalue weighted by Crippen LogP contribution is 2.28. The molecular weight excluding hydrogens is 533 g/mol. The molecule has 2 atom stereocenters. The van der Waals surface area contributed by atoms with E-state index in [0.717, 1.165) is 5.56 Å². The monoisotopic (exact) mass is 569 g/mol. The van der Waals surface area contributed by atoms with E-state index in [2.05, 4.69) is 15.0 Å². The standard InChI is InChI=1S/C29H36FN5O4S/c30-14-10-21-12-16-35(17-13-21)29(37)28(23-6-8-24(31)9-7-23)34-40(38,39)27-19-32-15-11-26(27)33-25(20-36)18-22-4-2-1-3-5-22/h1-9,11,15,19,21,25,28,34,36H,10,12-14,16-18,20,31H2,(H,32,33)/t25-,28-/m0/s1. The van der Waals surface area contributed by atoms with Crippen LogP contribution in [0.15, 0.2) is 78.0 Å². The molecule has 0 bridgehead atoms. The zero-order valence-electron chi connectivity index (χ0n) is 22.2. The zero-order valence-corrected chi connectivity index (χ0v) is 23.1. The van der Waals surface area contributed by atoms with Gasteiger partial charge in [0.05, 0.1) is 25.0 Å². The van der Waals surface area contributed by atoms with Crippen molar-refractivity contribution < 1.29 is 22.7 Å². The van der Waals surface area contributed by atoms with Gasteiger partial charge in [-0.05, 0) is 60.9 Å². The Labute approximate surface area is 234 Å². The molecular formula is C29H36FN5O4S. The lowest BCUT2D eigenvalue weighted by Crippen LogP contribution is -2.46. The zero-order chi connectivity index (χ0) is 28.5. The van der Waals surface area contributed by atoms with Gasteiger partial charge in [-0.15, -0.1) is 0 Å². The quantitative estimate of drug-likeness (QED) is 0.246. The molecule has 4 rings (SSSR count). The van der Waals surface area contributed by atoms with Crippen molar-refractivity contribution in [3.8, 4) is 0 Å². The number of sulfonamides is 1. The molecule has 3 aromatic rings. The Kier molecular flexibility index (Phi) is 10.1. The summed E-state index contributed by atoms with van der Waals surface area (Å²) < 4.78 is 42.9. The van der Waals surface area contributed by atoms with Crippen molar-refractivity contribution in [2.75, 3.05) is 37.4 Å². The Morgan fingerprint density at radius 2 is 1.80 bits per heavy atom. The molecule has 0 radical (unpaired) electrons. The van der Waals surface area contributed by atoms with Crippen molar-refractivity contribution in [1.82, 2.24) is 14.6 Å². The summed E-state index contributed by atoms with van der Waals surface area (Å²) in [5.41, 5.74) is 8.01. The molecule has 40 heavy (non-hydrogen) atoms. The van der Waals surface area contributed by atoms with Crippen LogP contribution in [0.2, 0.25) is 0 Å². The molecule has 5 N–H and O–H groups in total. The Morgan fingerprint density at radius 3 is 2.45 bits per heavy atom. The van der Waals surface area contributed by atoms with E-state index in [4.69, 9.17) is 5.73 Å². The summed E-state index contributed by atoms with van der Waals surface area (Å²) in [7, 11) is -4.26. The molecule has 0 unspecified atom stereocenters. The Morgan fingerprint density at radius 1 is 1.10 bits per heavy atom. The molecule has 1 saturated heterocycles. The van der Waals surface area contributed by atoms with E-state index in [0.29, 0.717) is 50.0 Å². The van der Waals surface area contributed by atoms with Gasteiger partial charge < -0.3 is 21.1 Å². The number of aromatic nitrogens is 1. The van der Waals surface area contributed by atoms with E-state index in [1.54, 1.807) is 29.2 Å². The number of carbonyl (C=O) groups excluding carboxylic acids is 1. The van der Waals surface area contributed by atoms with Crippen LogP contribution in [0.1, 0.15) is 36.4 Å². The number of carbonyl (C=O) groups is 1. The first-order valence-corrected chi connectivity index (χ1v) is 14.9. The first-order valence-electron chi connectivity index (χ1n) is 13.4. The molecule has 9 nitrogen and oxygen atoms in total. The van der Waals surface area contributed by atoms with E-state index in [-0.39, 0.29) is 29.0 Å². The van der Waals surface area contributed by atoms with E-state index < -0.39 is 28.8 Å². The number of nitrogens with two attached hydrogens (primary N) is 1. The number of nitrogens with one attached hydrogen (secondary N) is 2. The number of hydrogen-bond acceptors (Lipinski definition) is 7. The molecule has 214 valence electrons. The number of anilines is 2. The van der Waals surface area contributed by atoms with E-state index in [9.17, 15) is 22.7 Å². The number of halogens is 1. The number of nitrogen functional groups attached to an aromatic ring is 1. The minimum Gasteiger partial charge on any atom is -0.399 e. The number of hydrogen-bond donors (Lipinski definition) is 4. The van der Waals surface area contributed by atoms with Gasteiger partial charge in [0.25, 0.3) is 0 Å². The van der Waals surface area contributed by atoms with Crippen LogP contribution < -0.4 is 15.8 Å². The summed E-state index contributed by atoms with van der Waals surface area (Å²) in [5, 5.41) is 13.1. The topological polar surface area (TPSA) is 138 Å². The van der Waals surface area contributed by atoms with Crippen molar-refractivity contribution >= 4 is 27.3 Å². The van der Waals surface area contributed by atoms with Crippen LogP contribution in [0, 0.1) is 5.92 Å². The fraction of sp³-hybridized carbons (Fsp3) is 0.379. The van der Waals surface area contributed by atoms with Crippen molar-refractivity contribution in [2.24, 2.45) is 5.92 Å². The maximum Gasteiger partial charge on any atom is 0.245 e. The lowest BCUT2D eigenvalue weighted by Gasteiger charge is -2.34. The van der Waals surface area contributed by atoms with Crippen LogP contribution >= 0.6 is 0 Å². The van der Waals surface area contributed by atoms with E-state index in [1.165, 1.54) is 18.5 Å². The van der Waals surface area contributed by atoms with Gasteiger partial charge >= 0.3 is 0 Å². The summed E-state index contributed by atoms with van der Waals surface area (Å²) in [6.45, 7) is 0.230. The molecule has 1 aliphatic rings. The molecule has 0 aliphatic carbocycles. The number of rotatable bonds is 12. The van der Waals surface area contributed by atoms with Crippen molar-refractivity contribution in [3.63, 3.8) is 0 Å². The number of aliphatic hydroxyl groups excluding tert-OH is 1. The average molecular weight is 570 g/mol. The fourth-order valence-corrected chi connectivity index (χ4v) is 6.23. The number of pyridine rings is 1. The molecule has 0 spiro atoms. The summed E-state index contributed by atoms with van der Waals surface area (Å²) in [5.74, 6) is -0.178. The third-order valence-corrected chi connectivity index (χ3v) is 8.66. The molecule has 11 heteroatoms. The van der Waals surface area contributed by atoms with Gasteiger partial charge in [0, 0.05) is 31.2 Å². The van der Waals surface area contributed by atoms with Crippen LogP contribution in [-0.2, 0) is 21.2 Å². The van der Waals surface area contributed by atoms with Gasteiger partial charge in [-0.25, -0.2) is 8.42 Å². The van der Waals surface area contributed by atoms with Crippen LogP contribution in [0.25, 0.3) is 0 Å². The van der Waals surface area contributed by atoms with Gasteiger partial charge in [-0.3, -0.25) is 14.2 Å². The highest BCUT2D eigenvalue weighted by atomic mass is 32.2. The lowest BCUT2D eigenvalue weighted by atomic mass is 9.93. The number of likely N-dealkylation sites (tertiary alicyclic amines) is 1. The number of nitrogens with zero attached hydrogens (tertiary/aromatic N) is 2. The van der Waals surface area contributed by atoms with Gasteiger partial charge in [0.1, 0.15) is 10.9 Å². The number of aliphatic hydroxyl groups is 1. The van der Waals surface area contributed by atoms with Crippen molar-refractivity contribution in [1.29, 1.82) is 0 Å². The summed E-state index contributed by atoms with van der Waals surface area (Å²) >= 11 is 0. The van der Waals surface area contributed by atoms with Crippen LogP contribution in [0.4, 0.5) is 15.8 Å². The van der Waals surface area contributed by atoms with Crippen LogP contribution in [0.3, 0.4) is 0 Å². The molecule has 0 saturated carbocycles. The lowest BCUT2D eigenvalue weighted by molar-refractivity contribution is -0.134. The Balaban J connectivity index is 1.58. The summed E-state index contributed by atoms with van der Waals surface area (Å²) in [6, 6.07) is 15.9. The maximum atomic E-state index is 13.8. The summed E-state index contributed by atoms with van der Waals surface area (Å²) in [4.78, 5) is 19.2. The third kappa shape index (κ3) is 7.56. The second-order valence-corrected chi connectivity index (χ2v) is 11.7. The Bertz CT molecular complexity index is 1350. The number of amides is 1. The SMILES string of the molecule is Nc1ccc([C@H](NS(=O)(=O)c2cnccc2N[C@H](CO)Cc2ccccc2)C(=O)N2CCC(CCF)CC2)cc1.